The van der Waals surface area contributed by atoms with E-state index >= 15 is 0 Å². The van der Waals surface area contributed by atoms with Crippen LogP contribution in [0.15, 0.2) is 18.2 Å². The molecular weight excluding hydrogens is 238 g/mol. The monoisotopic (exact) mass is 251 g/mol. The van der Waals surface area contributed by atoms with Gasteiger partial charge < -0.3 is 14.9 Å². The maximum atomic E-state index is 12.0. The largest absolute Gasteiger partial charge is 0.504 e. The quantitative estimate of drug-likeness (QED) is 0.730. The molecule has 6 heteroatoms. The normalized spacial score (nSPS) is 19.1. The molecule has 18 heavy (non-hydrogen) atoms. The Morgan fingerprint density at radius 2 is 2.22 bits per heavy atom. The molecule has 0 bridgehead atoms. The van der Waals surface area contributed by atoms with Crippen molar-refractivity contribution in [3.05, 3.63) is 23.8 Å². The summed E-state index contributed by atoms with van der Waals surface area (Å²) >= 11 is 0. The molecule has 6 nitrogen and oxygen atoms in total. The Morgan fingerprint density at radius 3 is 2.72 bits per heavy atom. The number of rotatable bonds is 2. The predicted octanol–water partition coefficient (Wildman–Crippen LogP) is 0.134. The molecule has 0 aromatic heterocycles. The number of aliphatic hydroxyl groups excluding tert-OH is 1. The molecule has 0 saturated carbocycles. The Kier molecular flexibility index (Phi) is 3.20. The minimum atomic E-state index is -1.11. The number of aromatic hydroxyl groups is 1. The summed E-state index contributed by atoms with van der Waals surface area (Å²) in [7, 11) is 1.40. The molecule has 1 heterocycles. The van der Waals surface area contributed by atoms with Crippen molar-refractivity contribution in [1.82, 2.24) is 4.90 Å². The number of methoxy groups -OCH3 is 1. The highest BCUT2D eigenvalue weighted by Gasteiger charge is 2.34. The fourth-order valence-electron chi connectivity index (χ4n) is 1.85. The maximum Gasteiger partial charge on any atom is 0.260 e. The summed E-state index contributed by atoms with van der Waals surface area (Å²) in [6.07, 6.45) is -0.868. The second-order valence-electron chi connectivity index (χ2n) is 3.99. The van der Waals surface area contributed by atoms with Gasteiger partial charge in [-0.15, -0.1) is 0 Å². The number of imide groups is 1. The van der Waals surface area contributed by atoms with Crippen molar-refractivity contribution in [2.45, 2.75) is 12.5 Å². The van der Waals surface area contributed by atoms with E-state index < -0.39 is 17.9 Å². The van der Waals surface area contributed by atoms with Crippen molar-refractivity contribution >= 4 is 11.8 Å². The van der Waals surface area contributed by atoms with Crippen LogP contribution < -0.4 is 4.74 Å². The van der Waals surface area contributed by atoms with E-state index in [4.69, 9.17) is 4.74 Å². The third kappa shape index (κ3) is 2.02. The number of hydrogen-bond acceptors (Lipinski definition) is 5. The molecule has 96 valence electrons. The van der Waals surface area contributed by atoms with E-state index in [1.54, 1.807) is 0 Å². The van der Waals surface area contributed by atoms with Gasteiger partial charge in [-0.05, 0) is 18.2 Å². The lowest BCUT2D eigenvalue weighted by Gasteiger charge is -2.14. The molecule has 1 aromatic rings. The number of amides is 2. The average molecular weight is 251 g/mol. The summed E-state index contributed by atoms with van der Waals surface area (Å²) in [6, 6.07) is 4.14. The summed E-state index contributed by atoms with van der Waals surface area (Å²) in [4.78, 5) is 24.5. The number of nitrogens with zero attached hydrogens (tertiary/aromatic N) is 1. The molecule has 1 aromatic carbocycles. The van der Waals surface area contributed by atoms with Crippen LogP contribution in [0.4, 0.5) is 0 Å². The Hall–Kier alpha value is -2.08. The average Bonchev–Trinajstić information content (AvgIpc) is 2.69. The van der Waals surface area contributed by atoms with E-state index in [9.17, 15) is 19.8 Å². The number of benzene rings is 1. The lowest BCUT2D eigenvalue weighted by Crippen LogP contribution is -2.35. The number of phenols is 1. The molecule has 1 saturated heterocycles. The number of ether oxygens (including phenoxy) is 1. The van der Waals surface area contributed by atoms with Crippen molar-refractivity contribution in [2.75, 3.05) is 13.7 Å². The van der Waals surface area contributed by atoms with E-state index in [1.165, 1.54) is 25.3 Å². The van der Waals surface area contributed by atoms with Gasteiger partial charge in [0.2, 0.25) is 0 Å². The lowest BCUT2D eigenvalue weighted by atomic mass is 10.2. The van der Waals surface area contributed by atoms with Crippen LogP contribution >= 0.6 is 0 Å². The number of hydrogen-bond donors (Lipinski definition) is 2. The van der Waals surface area contributed by atoms with Crippen molar-refractivity contribution in [3.63, 3.8) is 0 Å². The van der Waals surface area contributed by atoms with Crippen LogP contribution in [0.25, 0.3) is 0 Å². The number of carbonyl (C=O) groups excluding carboxylic acids is 2. The fraction of sp³-hybridized carbons (Fsp3) is 0.333. The standard InChI is InChI=1S/C12H13NO5/c1-18-10-3-2-7(6-9(10)15)11(16)13-5-4-8(14)12(13)17/h2-3,6,8,14-15H,4-5H2,1H3/t8-/m0/s1. The van der Waals surface area contributed by atoms with Gasteiger partial charge in [-0.25, -0.2) is 0 Å². The van der Waals surface area contributed by atoms with Crippen LogP contribution in [0, 0.1) is 0 Å². The Labute approximate surface area is 103 Å². The van der Waals surface area contributed by atoms with Crippen LogP contribution in [0.3, 0.4) is 0 Å². The van der Waals surface area contributed by atoms with Gasteiger partial charge in [-0.1, -0.05) is 0 Å². The first-order valence-electron chi connectivity index (χ1n) is 5.45. The highest BCUT2D eigenvalue weighted by atomic mass is 16.5. The third-order valence-electron chi connectivity index (χ3n) is 2.85. The molecule has 0 radical (unpaired) electrons. The number of aliphatic hydroxyl groups is 1. The zero-order chi connectivity index (χ0) is 13.3. The summed E-state index contributed by atoms with van der Waals surface area (Å²) in [5.74, 6) is -1.06. The van der Waals surface area contributed by atoms with Crippen LogP contribution in [0.1, 0.15) is 16.8 Å². The second-order valence-corrected chi connectivity index (χ2v) is 3.99. The molecule has 1 atom stereocenters. The van der Waals surface area contributed by atoms with E-state index in [1.807, 2.05) is 0 Å². The Bertz CT molecular complexity index is 499. The van der Waals surface area contributed by atoms with Crippen molar-refractivity contribution in [1.29, 1.82) is 0 Å². The summed E-state index contributed by atoms with van der Waals surface area (Å²) in [5, 5.41) is 18.9. The Balaban J connectivity index is 2.24. The highest BCUT2D eigenvalue weighted by Crippen LogP contribution is 2.27. The van der Waals surface area contributed by atoms with Crippen molar-refractivity contribution in [3.8, 4) is 11.5 Å². The van der Waals surface area contributed by atoms with E-state index in [-0.39, 0.29) is 30.0 Å². The molecule has 1 fully saturated rings. The third-order valence-corrected chi connectivity index (χ3v) is 2.85. The zero-order valence-electron chi connectivity index (χ0n) is 9.79. The summed E-state index contributed by atoms with van der Waals surface area (Å²) in [6.45, 7) is 0.186. The smallest absolute Gasteiger partial charge is 0.260 e. The van der Waals surface area contributed by atoms with Crippen LogP contribution in [-0.4, -0.2) is 46.7 Å². The van der Waals surface area contributed by atoms with Crippen LogP contribution in [-0.2, 0) is 4.79 Å². The molecule has 2 N–H and O–H groups in total. The number of likely N-dealkylation sites (tertiary alicyclic amines) is 1. The minimum Gasteiger partial charge on any atom is -0.504 e. The minimum absolute atomic E-state index is 0.171. The van der Waals surface area contributed by atoms with Gasteiger partial charge in [0.15, 0.2) is 11.5 Å². The molecule has 1 aliphatic heterocycles. The van der Waals surface area contributed by atoms with Gasteiger partial charge in [0.05, 0.1) is 7.11 Å². The molecule has 1 aliphatic rings. The van der Waals surface area contributed by atoms with Crippen molar-refractivity contribution < 1.29 is 24.5 Å². The molecule has 0 aliphatic carbocycles. The number of carbonyl (C=O) groups is 2. The first kappa shape index (κ1) is 12.4. The molecule has 0 unspecified atom stereocenters. The van der Waals surface area contributed by atoms with Gasteiger partial charge in [-0.3, -0.25) is 14.5 Å². The summed E-state index contributed by atoms with van der Waals surface area (Å²) in [5.41, 5.74) is 0.177. The van der Waals surface area contributed by atoms with E-state index in [0.29, 0.717) is 0 Å². The highest BCUT2D eigenvalue weighted by molar-refractivity contribution is 6.07. The second kappa shape index (κ2) is 4.66. The van der Waals surface area contributed by atoms with E-state index in [0.717, 1.165) is 4.90 Å². The van der Waals surface area contributed by atoms with Crippen molar-refractivity contribution in [2.24, 2.45) is 0 Å². The number of phenolic OH excluding ortho intramolecular Hbond substituents is 1. The Morgan fingerprint density at radius 1 is 1.50 bits per heavy atom. The first-order chi connectivity index (χ1) is 8.54. The summed E-state index contributed by atoms with van der Waals surface area (Å²) < 4.78 is 4.86. The van der Waals surface area contributed by atoms with Crippen LogP contribution in [0.5, 0.6) is 11.5 Å². The predicted molar refractivity (Wildman–Crippen MR) is 61.3 cm³/mol. The molecule has 2 rings (SSSR count). The fourth-order valence-corrected chi connectivity index (χ4v) is 1.85. The zero-order valence-corrected chi connectivity index (χ0v) is 9.79. The van der Waals surface area contributed by atoms with Crippen LogP contribution in [0.2, 0.25) is 0 Å². The van der Waals surface area contributed by atoms with Gasteiger partial charge in [0, 0.05) is 18.5 Å². The molecule has 2 amide bonds. The van der Waals surface area contributed by atoms with Gasteiger partial charge in [-0.2, -0.15) is 0 Å². The lowest BCUT2D eigenvalue weighted by molar-refractivity contribution is -0.132. The van der Waals surface area contributed by atoms with Gasteiger partial charge in [0.25, 0.3) is 11.8 Å². The van der Waals surface area contributed by atoms with Gasteiger partial charge >= 0.3 is 0 Å². The van der Waals surface area contributed by atoms with Gasteiger partial charge in [0.1, 0.15) is 6.10 Å². The first-order valence-corrected chi connectivity index (χ1v) is 5.45. The molecular formula is C12H13NO5. The molecule has 0 spiro atoms. The van der Waals surface area contributed by atoms with E-state index in [2.05, 4.69) is 0 Å². The maximum absolute atomic E-state index is 12.0. The topological polar surface area (TPSA) is 87.1 Å². The SMILES string of the molecule is COc1ccc(C(=O)N2CC[C@H](O)C2=O)cc1O.